The van der Waals surface area contributed by atoms with E-state index in [0.717, 1.165) is 5.56 Å². The minimum absolute atomic E-state index is 0.0263. The summed E-state index contributed by atoms with van der Waals surface area (Å²) in [6.07, 6.45) is -0.0729. The van der Waals surface area contributed by atoms with Gasteiger partial charge in [-0.2, -0.15) is 0 Å². The number of aliphatic carboxylic acids is 2. The van der Waals surface area contributed by atoms with E-state index >= 15 is 0 Å². The molecule has 2 N–H and O–H groups in total. The Kier molecular flexibility index (Phi) is 4.57. The van der Waals surface area contributed by atoms with Gasteiger partial charge in [-0.3, -0.25) is 14.4 Å². The van der Waals surface area contributed by atoms with Gasteiger partial charge in [0, 0.05) is 12.8 Å². The molecule has 0 saturated heterocycles. The van der Waals surface area contributed by atoms with Gasteiger partial charge in [0.1, 0.15) is 5.78 Å². The monoisotopic (exact) mass is 332 g/mol. The molecular weight excluding hydrogens is 308 g/mol. The maximum Gasteiger partial charge on any atom is 0.311 e. The summed E-state index contributed by atoms with van der Waals surface area (Å²) in [6, 6.07) is 8.94. The van der Waals surface area contributed by atoms with Gasteiger partial charge in [0.05, 0.1) is 10.8 Å². The highest BCUT2D eigenvalue weighted by molar-refractivity contribution is 5.95. The Morgan fingerprint density at radius 2 is 1.67 bits per heavy atom. The lowest BCUT2D eigenvalue weighted by atomic mass is 9.45. The average molecular weight is 332 g/mol. The van der Waals surface area contributed by atoms with Crippen molar-refractivity contribution in [3.63, 3.8) is 0 Å². The minimum atomic E-state index is -1.66. The second kappa shape index (κ2) is 6.04. The molecule has 130 valence electrons. The smallest absolute Gasteiger partial charge is 0.311 e. The molecule has 1 saturated carbocycles. The third-order valence-corrected chi connectivity index (χ3v) is 5.50. The number of ketones is 1. The van der Waals surface area contributed by atoms with Crippen LogP contribution in [0.15, 0.2) is 30.3 Å². The molecule has 1 aromatic rings. The molecule has 1 aromatic carbocycles. The van der Waals surface area contributed by atoms with Crippen molar-refractivity contribution in [3.8, 4) is 0 Å². The molecule has 2 atom stereocenters. The molecule has 1 aliphatic rings. The molecule has 0 aliphatic heterocycles. The van der Waals surface area contributed by atoms with Gasteiger partial charge in [-0.1, -0.05) is 51.1 Å². The quantitative estimate of drug-likeness (QED) is 0.883. The van der Waals surface area contributed by atoms with Crippen molar-refractivity contribution in [3.05, 3.63) is 35.9 Å². The first-order valence-electron chi connectivity index (χ1n) is 8.09. The third-order valence-electron chi connectivity index (χ3n) is 5.50. The summed E-state index contributed by atoms with van der Waals surface area (Å²) >= 11 is 0. The summed E-state index contributed by atoms with van der Waals surface area (Å²) in [6.45, 7) is 5.25. The molecule has 0 amide bonds. The molecule has 24 heavy (non-hydrogen) atoms. The number of rotatable bonds is 4. The molecule has 5 heteroatoms. The fraction of sp³-hybridized carbons (Fsp3) is 0.526. The Morgan fingerprint density at radius 3 is 2.12 bits per heavy atom. The van der Waals surface area contributed by atoms with Gasteiger partial charge in [-0.15, -0.1) is 0 Å². The number of carboxylic acid groups (broad SMARTS) is 2. The highest BCUT2D eigenvalue weighted by Crippen LogP contribution is 2.60. The lowest BCUT2D eigenvalue weighted by molar-refractivity contribution is -0.195. The van der Waals surface area contributed by atoms with Crippen molar-refractivity contribution >= 4 is 17.7 Å². The minimum Gasteiger partial charge on any atom is -0.481 e. The van der Waals surface area contributed by atoms with E-state index in [4.69, 9.17) is 0 Å². The van der Waals surface area contributed by atoms with Crippen LogP contribution in [0.5, 0.6) is 0 Å². The average Bonchev–Trinajstić information content (AvgIpc) is 2.46. The van der Waals surface area contributed by atoms with E-state index < -0.39 is 28.2 Å². The number of hydrogen-bond acceptors (Lipinski definition) is 3. The first kappa shape index (κ1) is 18.2. The van der Waals surface area contributed by atoms with Gasteiger partial charge in [0.25, 0.3) is 0 Å². The molecule has 0 spiro atoms. The van der Waals surface area contributed by atoms with E-state index in [1.165, 1.54) is 0 Å². The molecule has 2 rings (SSSR count). The topological polar surface area (TPSA) is 91.7 Å². The van der Waals surface area contributed by atoms with Crippen molar-refractivity contribution in [1.82, 2.24) is 0 Å². The molecule has 0 unspecified atom stereocenters. The molecule has 0 bridgehead atoms. The van der Waals surface area contributed by atoms with Crippen LogP contribution < -0.4 is 0 Å². The van der Waals surface area contributed by atoms with Crippen molar-refractivity contribution in [2.75, 3.05) is 0 Å². The molecule has 0 radical (unpaired) electrons. The summed E-state index contributed by atoms with van der Waals surface area (Å²) < 4.78 is 0. The van der Waals surface area contributed by atoms with Gasteiger partial charge in [-0.25, -0.2) is 0 Å². The normalized spacial score (nSPS) is 27.7. The van der Waals surface area contributed by atoms with Gasteiger partial charge >= 0.3 is 11.9 Å². The van der Waals surface area contributed by atoms with Crippen LogP contribution in [0.1, 0.15) is 45.6 Å². The van der Waals surface area contributed by atoms with Gasteiger partial charge in [-0.05, 0) is 23.8 Å². The number of hydrogen-bond donors (Lipinski definition) is 2. The second-order valence-electron chi connectivity index (χ2n) is 7.73. The lowest BCUT2D eigenvalue weighted by Crippen LogP contribution is -2.63. The maximum absolute atomic E-state index is 12.4. The van der Waals surface area contributed by atoms with Gasteiger partial charge in [0.15, 0.2) is 0 Å². The van der Waals surface area contributed by atoms with Crippen LogP contribution in [-0.2, 0) is 20.8 Å². The molecule has 5 nitrogen and oxygen atoms in total. The predicted octanol–water partition coefficient (Wildman–Crippen LogP) is 3.17. The van der Waals surface area contributed by atoms with E-state index in [0.29, 0.717) is 0 Å². The predicted molar refractivity (Wildman–Crippen MR) is 88.6 cm³/mol. The van der Waals surface area contributed by atoms with Crippen LogP contribution in [0.25, 0.3) is 0 Å². The molecular formula is C19H24O5. The van der Waals surface area contributed by atoms with Crippen molar-refractivity contribution in [2.24, 2.45) is 16.2 Å². The Labute approximate surface area is 141 Å². The van der Waals surface area contributed by atoms with E-state index in [1.807, 2.05) is 6.07 Å². The highest BCUT2D eigenvalue weighted by atomic mass is 16.4. The van der Waals surface area contributed by atoms with Crippen molar-refractivity contribution in [2.45, 2.75) is 46.5 Å². The van der Waals surface area contributed by atoms with Crippen LogP contribution in [-0.4, -0.2) is 27.9 Å². The standard InChI is InChI=1S/C19H24O5/c1-17(2,3)19(16(23)24)10-9-14(20)12-18(19,15(21)22)11-13-7-5-4-6-8-13/h4-8H,9-12H2,1-3H3,(H,21,22)(H,23,24)/t18-,19+/m1/s1. The molecule has 0 aromatic heterocycles. The largest absolute Gasteiger partial charge is 0.481 e. The molecule has 1 fully saturated rings. The van der Waals surface area contributed by atoms with E-state index in [2.05, 4.69) is 0 Å². The SMILES string of the molecule is CC(C)(C)[C@@]1(C(=O)O)CCC(=O)C[C@]1(Cc1ccccc1)C(=O)O. The Hall–Kier alpha value is -2.17. The first-order valence-corrected chi connectivity index (χ1v) is 8.09. The number of carbonyl (C=O) groups excluding carboxylic acids is 1. The van der Waals surface area contributed by atoms with Gasteiger partial charge in [0.2, 0.25) is 0 Å². The first-order chi connectivity index (χ1) is 11.1. The zero-order valence-corrected chi connectivity index (χ0v) is 14.3. The lowest BCUT2D eigenvalue weighted by Gasteiger charge is -2.54. The van der Waals surface area contributed by atoms with Crippen LogP contribution in [0.2, 0.25) is 0 Å². The summed E-state index contributed by atoms with van der Waals surface area (Å²) in [7, 11) is 0. The summed E-state index contributed by atoms with van der Waals surface area (Å²) in [5, 5.41) is 20.2. The number of Topliss-reactive ketones (excluding diaryl/α,β-unsaturated/α-hetero) is 1. The van der Waals surface area contributed by atoms with Crippen LogP contribution >= 0.6 is 0 Å². The fourth-order valence-corrected chi connectivity index (χ4v) is 4.36. The zero-order valence-electron chi connectivity index (χ0n) is 14.3. The van der Waals surface area contributed by atoms with Crippen molar-refractivity contribution in [1.29, 1.82) is 0 Å². The van der Waals surface area contributed by atoms with Crippen LogP contribution in [0.4, 0.5) is 0 Å². The number of benzene rings is 1. The van der Waals surface area contributed by atoms with Gasteiger partial charge < -0.3 is 10.2 Å². The van der Waals surface area contributed by atoms with Crippen LogP contribution in [0.3, 0.4) is 0 Å². The number of carbonyl (C=O) groups is 3. The van der Waals surface area contributed by atoms with Crippen LogP contribution in [0, 0.1) is 16.2 Å². The Bertz CT molecular complexity index is 658. The van der Waals surface area contributed by atoms with E-state index in [-0.39, 0.29) is 31.5 Å². The molecule has 1 aliphatic carbocycles. The Balaban J connectivity index is 2.72. The zero-order chi connectivity index (χ0) is 18.2. The number of carboxylic acids is 2. The summed E-state index contributed by atoms with van der Waals surface area (Å²) in [5.41, 5.74) is -3.26. The third kappa shape index (κ3) is 2.62. The highest BCUT2D eigenvalue weighted by Gasteiger charge is 2.68. The molecule has 0 heterocycles. The van der Waals surface area contributed by atoms with E-state index in [1.54, 1.807) is 45.0 Å². The van der Waals surface area contributed by atoms with Crippen molar-refractivity contribution < 1.29 is 24.6 Å². The Morgan fingerprint density at radius 1 is 1.08 bits per heavy atom. The second-order valence-corrected chi connectivity index (χ2v) is 7.73. The summed E-state index contributed by atoms with van der Waals surface area (Å²) in [4.78, 5) is 36.9. The van der Waals surface area contributed by atoms with E-state index in [9.17, 15) is 24.6 Å². The maximum atomic E-state index is 12.4. The summed E-state index contributed by atoms with van der Waals surface area (Å²) in [5.74, 6) is -2.54. The fourth-order valence-electron chi connectivity index (χ4n) is 4.36.